The highest BCUT2D eigenvalue weighted by molar-refractivity contribution is 5.77. The zero-order valence-corrected chi connectivity index (χ0v) is 6.18. The largest absolute Gasteiger partial charge is 0.481 e. The van der Waals surface area contributed by atoms with Crippen molar-refractivity contribution in [2.45, 2.75) is 19.8 Å². The Morgan fingerprint density at radius 2 is 2.18 bits per heavy atom. The van der Waals surface area contributed by atoms with Gasteiger partial charge in [-0.1, -0.05) is 12.8 Å². The second kappa shape index (κ2) is 5.30. The van der Waals surface area contributed by atoms with E-state index in [1.807, 2.05) is 0 Å². The van der Waals surface area contributed by atoms with Crippen LogP contribution in [0.5, 0.6) is 0 Å². The van der Waals surface area contributed by atoms with Crippen LogP contribution in [0.1, 0.15) is 19.8 Å². The molecule has 0 saturated carbocycles. The molecule has 0 spiro atoms. The molecule has 0 bridgehead atoms. The average Bonchev–Trinajstić information content (AvgIpc) is 1.97. The topological polar surface area (TPSA) is 66.4 Å². The van der Waals surface area contributed by atoms with Crippen LogP contribution < -0.4 is 5.32 Å². The van der Waals surface area contributed by atoms with Gasteiger partial charge in [0.1, 0.15) is 6.42 Å². The molecular weight excluding hydrogens is 146 g/mol. The Bertz CT molecular complexity index is 211. The maximum absolute atomic E-state index is 10.5. The molecule has 0 radical (unpaired) electrons. The minimum absolute atomic E-state index is 0.206. The second-order valence-electron chi connectivity index (χ2n) is 1.77. The van der Waals surface area contributed by atoms with Crippen molar-refractivity contribution in [3.8, 4) is 12.0 Å². The van der Waals surface area contributed by atoms with Crippen LogP contribution in [-0.4, -0.2) is 17.0 Å². The number of hydrogen-bond acceptors (Lipinski definition) is 2. The van der Waals surface area contributed by atoms with E-state index in [2.05, 4.69) is 17.3 Å². The fourth-order valence-corrected chi connectivity index (χ4v) is 0.322. The van der Waals surface area contributed by atoms with Gasteiger partial charge in [0.15, 0.2) is 0 Å². The number of rotatable bonds is 2. The fourth-order valence-electron chi connectivity index (χ4n) is 0.322. The summed E-state index contributed by atoms with van der Waals surface area (Å²) in [7, 11) is 0. The number of carbonyl (C=O) groups is 2. The van der Waals surface area contributed by atoms with Crippen molar-refractivity contribution in [2.24, 2.45) is 0 Å². The monoisotopic (exact) mass is 155 g/mol. The number of carboxylic acid groups (broad SMARTS) is 1. The lowest BCUT2D eigenvalue weighted by atomic mass is 10.4. The first kappa shape index (κ1) is 9.50. The average molecular weight is 155 g/mol. The molecule has 0 atom stereocenters. The number of carbonyl (C=O) groups excluding carboxylic acids is 1. The summed E-state index contributed by atoms with van der Waals surface area (Å²) < 4.78 is 0. The summed E-state index contributed by atoms with van der Waals surface area (Å²) in [5, 5.41) is 10.3. The first-order chi connectivity index (χ1) is 5.16. The van der Waals surface area contributed by atoms with Crippen molar-refractivity contribution >= 4 is 11.9 Å². The van der Waals surface area contributed by atoms with Gasteiger partial charge in [0.25, 0.3) is 0 Å². The van der Waals surface area contributed by atoms with Crippen LogP contribution in [-0.2, 0) is 9.59 Å². The van der Waals surface area contributed by atoms with Crippen molar-refractivity contribution in [1.29, 1.82) is 0 Å². The molecule has 0 aromatic carbocycles. The van der Waals surface area contributed by atoms with E-state index in [0.717, 1.165) is 0 Å². The Kier molecular flexibility index (Phi) is 4.58. The highest BCUT2D eigenvalue weighted by Crippen LogP contribution is 1.74. The second-order valence-corrected chi connectivity index (χ2v) is 1.77. The van der Waals surface area contributed by atoms with Crippen LogP contribution >= 0.6 is 0 Å². The van der Waals surface area contributed by atoms with Gasteiger partial charge >= 0.3 is 5.97 Å². The third kappa shape index (κ3) is 6.38. The van der Waals surface area contributed by atoms with Crippen LogP contribution in [0, 0.1) is 12.0 Å². The van der Waals surface area contributed by atoms with E-state index < -0.39 is 5.97 Å². The fraction of sp³-hybridized carbons (Fsp3) is 0.429. The SMILES string of the molecule is CCC(=O)NC#CCC(=O)O. The molecular formula is C7H9NO3. The molecule has 4 nitrogen and oxygen atoms in total. The predicted molar refractivity (Wildman–Crippen MR) is 38.5 cm³/mol. The quantitative estimate of drug-likeness (QED) is 0.434. The van der Waals surface area contributed by atoms with Crippen LogP contribution in [0.4, 0.5) is 0 Å². The maximum atomic E-state index is 10.5. The Morgan fingerprint density at radius 3 is 2.64 bits per heavy atom. The van der Waals surface area contributed by atoms with Crippen LogP contribution in [0.25, 0.3) is 0 Å². The normalized spacial score (nSPS) is 7.73. The molecule has 0 fully saturated rings. The Balaban J connectivity index is 3.56. The van der Waals surface area contributed by atoms with Gasteiger partial charge in [-0.15, -0.1) is 0 Å². The molecule has 11 heavy (non-hydrogen) atoms. The minimum Gasteiger partial charge on any atom is -0.481 e. The van der Waals surface area contributed by atoms with Crippen molar-refractivity contribution < 1.29 is 14.7 Å². The highest BCUT2D eigenvalue weighted by Gasteiger charge is 1.91. The smallest absolute Gasteiger partial charge is 0.315 e. The molecule has 0 rings (SSSR count). The summed E-state index contributed by atoms with van der Waals surface area (Å²) in [6.45, 7) is 1.69. The minimum atomic E-state index is -0.997. The van der Waals surface area contributed by atoms with Gasteiger partial charge in [-0.2, -0.15) is 0 Å². The molecule has 0 aromatic rings. The predicted octanol–water partition coefficient (Wildman–Crippen LogP) is -0.0518. The number of nitrogens with one attached hydrogen (secondary N) is 1. The molecule has 0 aliphatic rings. The molecule has 0 aliphatic heterocycles. The van der Waals surface area contributed by atoms with E-state index in [1.165, 1.54) is 0 Å². The number of hydrogen-bond donors (Lipinski definition) is 2. The van der Waals surface area contributed by atoms with E-state index >= 15 is 0 Å². The van der Waals surface area contributed by atoms with Gasteiger partial charge in [-0.3, -0.25) is 14.9 Å². The van der Waals surface area contributed by atoms with E-state index in [9.17, 15) is 9.59 Å². The molecule has 2 N–H and O–H groups in total. The first-order valence-corrected chi connectivity index (χ1v) is 3.15. The van der Waals surface area contributed by atoms with E-state index in [4.69, 9.17) is 5.11 Å². The number of amides is 1. The number of carboxylic acids is 1. The Hall–Kier alpha value is -1.50. The standard InChI is InChI=1S/C7H9NO3/c1-2-6(9)8-5-3-4-7(10)11/h2,4H2,1H3,(H,8,9)(H,10,11). The molecule has 0 aromatic heterocycles. The van der Waals surface area contributed by atoms with Crippen molar-refractivity contribution in [3.05, 3.63) is 0 Å². The van der Waals surface area contributed by atoms with Gasteiger partial charge in [0.05, 0.1) is 0 Å². The lowest BCUT2D eigenvalue weighted by molar-refractivity contribution is -0.135. The molecule has 4 heteroatoms. The molecule has 1 amide bonds. The van der Waals surface area contributed by atoms with Gasteiger partial charge in [0.2, 0.25) is 5.91 Å². The summed E-state index contributed by atoms with van der Waals surface area (Å²) >= 11 is 0. The van der Waals surface area contributed by atoms with Crippen LogP contribution in [0.15, 0.2) is 0 Å². The van der Waals surface area contributed by atoms with Gasteiger partial charge < -0.3 is 5.11 Å². The number of aliphatic carboxylic acids is 1. The Labute approximate surface area is 64.6 Å². The van der Waals surface area contributed by atoms with Crippen molar-refractivity contribution in [2.75, 3.05) is 0 Å². The van der Waals surface area contributed by atoms with Gasteiger partial charge in [0, 0.05) is 12.5 Å². The zero-order valence-electron chi connectivity index (χ0n) is 6.18. The molecule has 0 heterocycles. The Morgan fingerprint density at radius 1 is 1.55 bits per heavy atom. The lowest BCUT2D eigenvalue weighted by Crippen LogP contribution is -2.15. The molecule has 0 aliphatic carbocycles. The summed E-state index contributed by atoms with van der Waals surface area (Å²) in [6, 6.07) is 2.24. The van der Waals surface area contributed by atoms with E-state index in [1.54, 1.807) is 6.92 Å². The van der Waals surface area contributed by atoms with E-state index in [-0.39, 0.29) is 12.3 Å². The van der Waals surface area contributed by atoms with Crippen molar-refractivity contribution in [1.82, 2.24) is 5.32 Å². The molecule has 0 saturated heterocycles. The lowest BCUT2D eigenvalue weighted by Gasteiger charge is -1.88. The first-order valence-electron chi connectivity index (χ1n) is 3.15. The molecule has 60 valence electrons. The third-order valence-corrected chi connectivity index (χ3v) is 0.851. The summed E-state index contributed by atoms with van der Waals surface area (Å²) in [4.78, 5) is 20.4. The molecule has 0 unspecified atom stereocenters. The highest BCUT2D eigenvalue weighted by atomic mass is 16.4. The van der Waals surface area contributed by atoms with Gasteiger partial charge in [-0.25, -0.2) is 0 Å². The van der Waals surface area contributed by atoms with Crippen LogP contribution in [0.3, 0.4) is 0 Å². The summed E-state index contributed by atoms with van der Waals surface area (Å²) in [6.07, 6.45) is 0.103. The zero-order chi connectivity index (χ0) is 8.69. The van der Waals surface area contributed by atoms with Crippen molar-refractivity contribution in [3.63, 3.8) is 0 Å². The summed E-state index contributed by atoms with van der Waals surface area (Å²) in [5.74, 6) is 1.07. The van der Waals surface area contributed by atoms with Gasteiger partial charge in [-0.05, 0) is 0 Å². The van der Waals surface area contributed by atoms with E-state index in [0.29, 0.717) is 6.42 Å². The summed E-state index contributed by atoms with van der Waals surface area (Å²) in [5.41, 5.74) is 0. The third-order valence-electron chi connectivity index (χ3n) is 0.851. The van der Waals surface area contributed by atoms with Crippen LogP contribution in [0.2, 0.25) is 0 Å². The maximum Gasteiger partial charge on any atom is 0.315 e.